The molecule has 0 saturated carbocycles. The molecule has 2 aromatic carbocycles. The molecule has 10 nitrogen and oxygen atoms in total. The molecule has 154 valence electrons. The Kier molecular flexibility index (Phi) is 5.06. The summed E-state index contributed by atoms with van der Waals surface area (Å²) >= 11 is 12.6. The number of fused-ring (bicyclic) bond motifs is 1. The first-order chi connectivity index (χ1) is 14.8. The maximum atomic E-state index is 12.1. The third-order valence-electron chi connectivity index (χ3n) is 4.33. The predicted molar refractivity (Wildman–Crippen MR) is 114 cm³/mol. The number of nitrogens with one attached hydrogen (secondary N) is 2. The first-order valence-electron chi connectivity index (χ1n) is 8.56. The average molecular weight is 457 g/mol. The van der Waals surface area contributed by atoms with Crippen molar-refractivity contribution >= 4 is 39.8 Å². The molecule has 0 aliphatic rings. The molecule has 0 unspecified atom stereocenters. The van der Waals surface area contributed by atoms with Crippen molar-refractivity contribution < 1.29 is 4.74 Å². The van der Waals surface area contributed by atoms with Crippen molar-refractivity contribution in [2.75, 3.05) is 0 Å². The van der Waals surface area contributed by atoms with Gasteiger partial charge in [-0.05, 0) is 35.8 Å². The van der Waals surface area contributed by atoms with Crippen LogP contribution in [0.3, 0.4) is 0 Å². The second-order valence-electron chi connectivity index (χ2n) is 6.30. The molecule has 0 fully saturated rings. The van der Waals surface area contributed by atoms with Gasteiger partial charge in [-0.2, -0.15) is 0 Å². The molecule has 2 aromatic heterocycles. The minimum absolute atomic E-state index is 0.000523. The van der Waals surface area contributed by atoms with Gasteiger partial charge in [0.2, 0.25) is 5.88 Å². The summed E-state index contributed by atoms with van der Waals surface area (Å²) in [6.45, 7) is 8.76. The predicted octanol–water partition coefficient (Wildman–Crippen LogP) is 3.12. The lowest BCUT2D eigenvalue weighted by atomic mass is 10.1. The van der Waals surface area contributed by atoms with E-state index < -0.39 is 17.1 Å². The van der Waals surface area contributed by atoms with Gasteiger partial charge >= 0.3 is 11.5 Å². The molecule has 0 atom stereocenters. The summed E-state index contributed by atoms with van der Waals surface area (Å²) in [5.74, 6) is -0.423. The van der Waals surface area contributed by atoms with Crippen molar-refractivity contribution in [1.82, 2.24) is 25.0 Å². The molecule has 0 saturated heterocycles. The van der Waals surface area contributed by atoms with Crippen LogP contribution in [0.5, 0.6) is 11.6 Å². The fraction of sp³-hybridized carbons (Fsp3) is 0.0526. The number of H-pyrrole nitrogens is 2. The normalized spacial score (nSPS) is 10.8. The van der Waals surface area contributed by atoms with E-state index >= 15 is 0 Å². The van der Waals surface area contributed by atoms with Crippen LogP contribution in [0.4, 0.5) is 5.82 Å². The van der Waals surface area contributed by atoms with Gasteiger partial charge in [0.15, 0.2) is 5.75 Å². The van der Waals surface area contributed by atoms with E-state index in [0.29, 0.717) is 10.8 Å². The lowest BCUT2D eigenvalue weighted by Crippen LogP contribution is -2.30. The Bertz CT molecular complexity index is 1560. The van der Waals surface area contributed by atoms with E-state index in [-0.39, 0.29) is 32.9 Å². The van der Waals surface area contributed by atoms with Crippen molar-refractivity contribution in [1.29, 1.82) is 0 Å². The van der Waals surface area contributed by atoms with Gasteiger partial charge in [-0.1, -0.05) is 41.9 Å². The molecule has 0 spiro atoms. The monoisotopic (exact) mass is 456 g/mol. The SMILES string of the molecule is [C-]#[N+]c1nn(-c2cc(Cl)c(Oc3n[nH]c(=O)c4c(C)cccc34)c(Cl)c2)c(=O)[nH]c1=O. The van der Waals surface area contributed by atoms with Gasteiger partial charge in [0.05, 0.1) is 26.5 Å². The van der Waals surface area contributed by atoms with Crippen LogP contribution in [0.25, 0.3) is 21.3 Å². The van der Waals surface area contributed by atoms with Gasteiger partial charge in [0.25, 0.3) is 11.1 Å². The highest BCUT2D eigenvalue weighted by Crippen LogP contribution is 2.39. The Balaban J connectivity index is 1.83. The van der Waals surface area contributed by atoms with Crippen molar-refractivity contribution in [3.8, 4) is 17.3 Å². The lowest BCUT2D eigenvalue weighted by Gasteiger charge is -2.12. The number of rotatable bonds is 3. The number of hydrogen-bond donors (Lipinski definition) is 2. The molecular weight excluding hydrogens is 447 g/mol. The summed E-state index contributed by atoms with van der Waals surface area (Å²) < 4.78 is 6.57. The number of aromatic amines is 2. The Morgan fingerprint density at radius 3 is 2.52 bits per heavy atom. The van der Waals surface area contributed by atoms with E-state index in [9.17, 15) is 14.4 Å². The number of ether oxygens (including phenoxy) is 1. The van der Waals surface area contributed by atoms with E-state index in [1.54, 1.807) is 25.1 Å². The van der Waals surface area contributed by atoms with E-state index in [2.05, 4.69) is 20.1 Å². The summed E-state index contributed by atoms with van der Waals surface area (Å²) in [7, 11) is 0. The fourth-order valence-corrected chi connectivity index (χ4v) is 3.50. The summed E-state index contributed by atoms with van der Waals surface area (Å²) in [6, 6.07) is 7.85. The molecule has 0 bridgehead atoms. The highest BCUT2D eigenvalue weighted by molar-refractivity contribution is 6.37. The average Bonchev–Trinajstić information content (AvgIpc) is 2.72. The third-order valence-corrected chi connectivity index (χ3v) is 4.89. The first kappa shape index (κ1) is 20.3. The van der Waals surface area contributed by atoms with Gasteiger partial charge in [0.1, 0.15) is 0 Å². The summed E-state index contributed by atoms with van der Waals surface area (Å²) in [4.78, 5) is 40.7. The van der Waals surface area contributed by atoms with Gasteiger partial charge in [-0.25, -0.2) is 9.89 Å². The van der Waals surface area contributed by atoms with Crippen molar-refractivity contribution in [2.24, 2.45) is 0 Å². The lowest BCUT2D eigenvalue weighted by molar-refractivity contribution is 0.461. The maximum absolute atomic E-state index is 12.1. The van der Waals surface area contributed by atoms with E-state index in [0.717, 1.165) is 10.2 Å². The van der Waals surface area contributed by atoms with Gasteiger partial charge in [0, 0.05) is 0 Å². The molecule has 12 heteroatoms. The van der Waals surface area contributed by atoms with Crippen LogP contribution in [-0.4, -0.2) is 25.0 Å². The van der Waals surface area contributed by atoms with Crippen LogP contribution in [0, 0.1) is 13.5 Å². The number of nitrogens with zero attached hydrogens (tertiary/aromatic N) is 4. The van der Waals surface area contributed by atoms with Gasteiger partial charge in [-0.3, -0.25) is 14.6 Å². The molecule has 2 N–H and O–H groups in total. The van der Waals surface area contributed by atoms with Crippen LogP contribution in [0.15, 0.2) is 44.7 Å². The van der Waals surface area contributed by atoms with Gasteiger partial charge in [-0.15, -0.1) is 9.78 Å². The minimum atomic E-state index is -0.903. The van der Waals surface area contributed by atoms with Crippen molar-refractivity contribution in [2.45, 2.75) is 6.92 Å². The summed E-state index contributed by atoms with van der Waals surface area (Å²) in [6.07, 6.45) is 0. The Labute approximate surface area is 182 Å². The van der Waals surface area contributed by atoms with Crippen LogP contribution in [0.1, 0.15) is 5.56 Å². The highest BCUT2D eigenvalue weighted by Gasteiger charge is 2.18. The van der Waals surface area contributed by atoms with Crippen LogP contribution in [0.2, 0.25) is 10.0 Å². The smallest absolute Gasteiger partial charge is 0.365 e. The maximum Gasteiger partial charge on any atom is 0.365 e. The van der Waals surface area contributed by atoms with Crippen LogP contribution >= 0.6 is 23.2 Å². The van der Waals surface area contributed by atoms with Crippen LogP contribution < -0.4 is 21.5 Å². The molecule has 0 amide bonds. The number of hydrogen-bond acceptors (Lipinski definition) is 6. The number of aromatic nitrogens is 5. The Hall–Kier alpha value is -3.94. The number of benzene rings is 2. The number of halogens is 2. The minimum Gasteiger partial charge on any atom is -0.434 e. The largest absolute Gasteiger partial charge is 0.434 e. The zero-order valence-corrected chi connectivity index (χ0v) is 17.1. The van der Waals surface area contributed by atoms with E-state index in [1.165, 1.54) is 12.1 Å². The Morgan fingerprint density at radius 1 is 1.13 bits per heavy atom. The number of aryl methyl sites for hydroxylation is 1. The molecule has 31 heavy (non-hydrogen) atoms. The molecule has 0 aliphatic heterocycles. The molecule has 0 radical (unpaired) electrons. The zero-order chi connectivity index (χ0) is 22.3. The molecule has 4 aromatic rings. The molecule has 4 rings (SSSR count). The zero-order valence-electron chi connectivity index (χ0n) is 15.6. The molecule has 0 aliphatic carbocycles. The quantitative estimate of drug-likeness (QED) is 0.455. The summed E-state index contributed by atoms with van der Waals surface area (Å²) in [5, 5.41) is 10.9. The summed E-state index contributed by atoms with van der Waals surface area (Å²) in [5.41, 5.74) is -1.31. The molecular formula is C19H10Cl2N6O4. The second-order valence-corrected chi connectivity index (χ2v) is 7.12. The van der Waals surface area contributed by atoms with Crippen molar-refractivity contribution in [3.05, 3.63) is 88.5 Å². The second kappa shape index (κ2) is 7.71. The van der Waals surface area contributed by atoms with Gasteiger partial charge < -0.3 is 9.58 Å². The first-order valence-corrected chi connectivity index (χ1v) is 9.32. The standard InChI is InChI=1S/C19H10Cl2N6O4/c1-8-4-3-5-10-13(8)16(28)24-25-18(10)31-14-11(20)6-9(7-12(14)21)27-19(30)23-17(29)15(22-2)26-27/h3-7H,1H3,(H,24,28)(H,23,29,30). The van der Waals surface area contributed by atoms with Crippen LogP contribution in [-0.2, 0) is 0 Å². The topological polar surface area (TPSA) is 127 Å². The van der Waals surface area contributed by atoms with Crippen molar-refractivity contribution in [3.63, 3.8) is 0 Å². The third kappa shape index (κ3) is 3.56. The van der Waals surface area contributed by atoms with E-state index in [4.69, 9.17) is 34.5 Å². The highest BCUT2D eigenvalue weighted by atomic mass is 35.5. The Morgan fingerprint density at radius 2 is 1.84 bits per heavy atom. The molecule has 2 heterocycles. The van der Waals surface area contributed by atoms with E-state index in [1.807, 2.05) is 4.98 Å². The fourth-order valence-electron chi connectivity index (χ4n) is 2.95.